The van der Waals surface area contributed by atoms with Gasteiger partial charge in [0, 0.05) is 18.2 Å². The molecule has 1 aromatic rings. The average molecular weight is 280 g/mol. The molecule has 0 aliphatic carbocycles. The van der Waals surface area contributed by atoms with Gasteiger partial charge in [-0.05, 0) is 25.5 Å². The van der Waals surface area contributed by atoms with Gasteiger partial charge in [0.1, 0.15) is 11.5 Å². The Kier molecular flexibility index (Phi) is 6.31. The number of methoxy groups -OCH3 is 1. The van der Waals surface area contributed by atoms with Crippen molar-refractivity contribution in [2.45, 2.75) is 33.4 Å². The van der Waals surface area contributed by atoms with Crippen LogP contribution in [0.5, 0.6) is 11.5 Å². The number of carbonyl (C=O) groups is 1. The van der Waals surface area contributed by atoms with E-state index in [4.69, 9.17) is 15.2 Å². The number of ether oxygens (including phenoxy) is 2. The molecule has 0 aliphatic rings. The van der Waals surface area contributed by atoms with Gasteiger partial charge in [-0.3, -0.25) is 4.79 Å². The van der Waals surface area contributed by atoms with Crippen molar-refractivity contribution in [2.24, 2.45) is 11.7 Å². The second-order valence-corrected chi connectivity index (χ2v) is 5.16. The topological polar surface area (TPSA) is 73.6 Å². The normalized spacial score (nSPS) is 12.2. The van der Waals surface area contributed by atoms with Crippen molar-refractivity contribution in [1.82, 2.24) is 5.32 Å². The molecule has 1 aromatic carbocycles. The summed E-state index contributed by atoms with van der Waals surface area (Å²) in [5.74, 6) is 1.38. The third-order valence-electron chi connectivity index (χ3n) is 2.85. The highest BCUT2D eigenvalue weighted by atomic mass is 16.5. The first-order chi connectivity index (χ1) is 9.43. The molecule has 1 amide bonds. The first-order valence-electron chi connectivity index (χ1n) is 6.77. The molecule has 1 rings (SSSR count). The molecule has 3 N–H and O–H groups in total. The lowest BCUT2D eigenvalue weighted by molar-refractivity contribution is -0.124. The van der Waals surface area contributed by atoms with E-state index in [1.54, 1.807) is 20.1 Å². The second-order valence-electron chi connectivity index (χ2n) is 5.16. The van der Waals surface area contributed by atoms with Gasteiger partial charge in [-0.1, -0.05) is 19.9 Å². The van der Waals surface area contributed by atoms with Crippen molar-refractivity contribution < 1.29 is 14.3 Å². The average Bonchev–Trinajstić information content (AvgIpc) is 2.39. The smallest absolute Gasteiger partial charge is 0.258 e. The summed E-state index contributed by atoms with van der Waals surface area (Å²) in [6.45, 7) is 7.51. The van der Waals surface area contributed by atoms with Gasteiger partial charge in [0.15, 0.2) is 6.10 Å². The molecule has 20 heavy (non-hydrogen) atoms. The molecule has 0 saturated heterocycles. The highest BCUT2D eigenvalue weighted by Crippen LogP contribution is 2.25. The van der Waals surface area contributed by atoms with E-state index >= 15 is 0 Å². The summed E-state index contributed by atoms with van der Waals surface area (Å²) in [4.78, 5) is 11.1. The summed E-state index contributed by atoms with van der Waals surface area (Å²) in [6.07, 6.45) is -0.675. The van der Waals surface area contributed by atoms with E-state index in [-0.39, 0.29) is 0 Å². The van der Waals surface area contributed by atoms with E-state index in [1.807, 2.05) is 12.1 Å². The van der Waals surface area contributed by atoms with E-state index in [9.17, 15) is 4.79 Å². The fourth-order valence-corrected chi connectivity index (χ4v) is 1.66. The van der Waals surface area contributed by atoms with Gasteiger partial charge in [-0.15, -0.1) is 0 Å². The van der Waals surface area contributed by atoms with Crippen LogP contribution in [0.3, 0.4) is 0 Å². The molecule has 0 heterocycles. The third-order valence-corrected chi connectivity index (χ3v) is 2.85. The Morgan fingerprint density at radius 2 is 2.05 bits per heavy atom. The maximum Gasteiger partial charge on any atom is 0.258 e. The van der Waals surface area contributed by atoms with Crippen molar-refractivity contribution in [3.05, 3.63) is 23.8 Å². The largest absolute Gasteiger partial charge is 0.497 e. The zero-order valence-corrected chi connectivity index (χ0v) is 12.6. The summed E-state index contributed by atoms with van der Waals surface area (Å²) in [5.41, 5.74) is 6.21. The zero-order chi connectivity index (χ0) is 15.1. The molecule has 5 nitrogen and oxygen atoms in total. The van der Waals surface area contributed by atoms with Gasteiger partial charge in [-0.25, -0.2) is 0 Å². The Hall–Kier alpha value is -1.75. The van der Waals surface area contributed by atoms with Crippen molar-refractivity contribution in [3.8, 4) is 11.5 Å². The highest BCUT2D eigenvalue weighted by Gasteiger charge is 2.14. The predicted octanol–water partition coefficient (Wildman–Crippen LogP) is 1.69. The summed E-state index contributed by atoms with van der Waals surface area (Å²) < 4.78 is 10.8. The molecule has 0 radical (unpaired) electrons. The molecule has 0 bridgehead atoms. The van der Waals surface area contributed by atoms with E-state index in [0.29, 0.717) is 24.0 Å². The number of nitrogens with one attached hydrogen (secondary N) is 1. The summed E-state index contributed by atoms with van der Waals surface area (Å²) >= 11 is 0. The number of hydrogen-bond acceptors (Lipinski definition) is 4. The van der Waals surface area contributed by atoms with Crippen LogP contribution in [-0.4, -0.2) is 25.7 Å². The minimum Gasteiger partial charge on any atom is -0.497 e. The van der Waals surface area contributed by atoms with Crippen molar-refractivity contribution in [3.63, 3.8) is 0 Å². The molecule has 0 fully saturated rings. The fourth-order valence-electron chi connectivity index (χ4n) is 1.66. The van der Waals surface area contributed by atoms with Crippen LogP contribution in [0.4, 0.5) is 0 Å². The first-order valence-corrected chi connectivity index (χ1v) is 6.77. The molecular weight excluding hydrogens is 256 g/mol. The number of carbonyl (C=O) groups excluding carboxylic acids is 1. The van der Waals surface area contributed by atoms with E-state index in [2.05, 4.69) is 19.2 Å². The fraction of sp³-hybridized carbons (Fsp3) is 0.533. The van der Waals surface area contributed by atoms with Crippen molar-refractivity contribution >= 4 is 5.91 Å². The molecule has 1 unspecified atom stereocenters. The van der Waals surface area contributed by atoms with E-state index < -0.39 is 12.0 Å². The van der Waals surface area contributed by atoms with Crippen LogP contribution < -0.4 is 20.5 Å². The van der Waals surface area contributed by atoms with Gasteiger partial charge in [0.25, 0.3) is 5.91 Å². The van der Waals surface area contributed by atoms with Crippen LogP contribution in [0, 0.1) is 5.92 Å². The van der Waals surface area contributed by atoms with Gasteiger partial charge in [-0.2, -0.15) is 0 Å². The molecule has 0 spiro atoms. The number of primary amides is 1. The van der Waals surface area contributed by atoms with Crippen LogP contribution in [0.25, 0.3) is 0 Å². The van der Waals surface area contributed by atoms with Gasteiger partial charge in [0.2, 0.25) is 0 Å². The van der Waals surface area contributed by atoms with Crippen LogP contribution in [0.1, 0.15) is 26.3 Å². The molecule has 5 heteroatoms. The Labute approximate surface area is 120 Å². The molecular formula is C15H24N2O3. The SMILES string of the molecule is COc1ccc(CNCC(C)C)c(OC(C)C(N)=O)c1. The lowest BCUT2D eigenvalue weighted by Crippen LogP contribution is -2.31. The van der Waals surface area contributed by atoms with Gasteiger partial charge < -0.3 is 20.5 Å². The van der Waals surface area contributed by atoms with Crippen LogP contribution >= 0.6 is 0 Å². The summed E-state index contributed by atoms with van der Waals surface area (Å²) in [5, 5.41) is 3.34. The van der Waals surface area contributed by atoms with Crippen molar-refractivity contribution in [2.75, 3.05) is 13.7 Å². The maximum absolute atomic E-state index is 11.1. The maximum atomic E-state index is 11.1. The van der Waals surface area contributed by atoms with Crippen LogP contribution in [0.15, 0.2) is 18.2 Å². The number of benzene rings is 1. The lowest BCUT2D eigenvalue weighted by Gasteiger charge is -2.17. The van der Waals surface area contributed by atoms with Crippen LogP contribution in [0.2, 0.25) is 0 Å². The Balaban J connectivity index is 2.83. The zero-order valence-electron chi connectivity index (χ0n) is 12.6. The van der Waals surface area contributed by atoms with E-state index in [1.165, 1.54) is 0 Å². The first kappa shape index (κ1) is 16.3. The summed E-state index contributed by atoms with van der Waals surface area (Å²) in [7, 11) is 1.59. The molecule has 0 saturated carbocycles. The standard InChI is InChI=1S/C15H24N2O3/c1-10(2)8-17-9-12-5-6-13(19-4)7-14(12)20-11(3)15(16)18/h5-7,10-11,17H,8-9H2,1-4H3,(H2,16,18). The second kappa shape index (κ2) is 7.75. The molecule has 112 valence electrons. The Morgan fingerprint density at radius 1 is 1.35 bits per heavy atom. The quantitative estimate of drug-likeness (QED) is 0.760. The third kappa shape index (κ3) is 5.09. The minimum absolute atomic E-state index is 0.492. The number of hydrogen-bond donors (Lipinski definition) is 2. The Bertz CT molecular complexity index is 447. The van der Waals surface area contributed by atoms with Crippen molar-refractivity contribution in [1.29, 1.82) is 0 Å². The predicted molar refractivity (Wildman–Crippen MR) is 78.8 cm³/mol. The number of amides is 1. The minimum atomic E-state index is -0.675. The molecule has 0 aromatic heterocycles. The lowest BCUT2D eigenvalue weighted by atomic mass is 10.1. The highest BCUT2D eigenvalue weighted by molar-refractivity contribution is 5.78. The van der Waals surface area contributed by atoms with Crippen LogP contribution in [-0.2, 0) is 11.3 Å². The van der Waals surface area contributed by atoms with Gasteiger partial charge in [0.05, 0.1) is 7.11 Å². The molecule has 0 aliphatic heterocycles. The summed E-state index contributed by atoms with van der Waals surface area (Å²) in [6, 6.07) is 5.56. The van der Waals surface area contributed by atoms with Gasteiger partial charge >= 0.3 is 0 Å². The monoisotopic (exact) mass is 280 g/mol. The molecule has 1 atom stereocenters. The number of rotatable bonds is 8. The van der Waals surface area contributed by atoms with E-state index in [0.717, 1.165) is 12.1 Å². The number of nitrogens with two attached hydrogens (primary N) is 1. The Morgan fingerprint density at radius 3 is 2.60 bits per heavy atom.